The summed E-state index contributed by atoms with van der Waals surface area (Å²) in [6.45, 7) is 0. The predicted octanol–water partition coefficient (Wildman–Crippen LogP) is 10.7. The fourth-order valence-corrected chi connectivity index (χ4v) is 6.67. The Bertz CT molecular complexity index is 2590. The first-order valence-corrected chi connectivity index (χ1v) is 14.1. The summed E-state index contributed by atoms with van der Waals surface area (Å²) in [6.07, 6.45) is 0.959. The molecule has 5 heteroatoms. The molecule has 5 nitrogen and oxygen atoms in total. The highest BCUT2D eigenvalue weighted by Crippen LogP contribution is 2.36. The minimum absolute atomic E-state index is 0. The van der Waals surface area contributed by atoms with Gasteiger partial charge in [0.25, 0.3) is 0 Å². The number of aldehydes is 1. The molecular weight excluding hydrogens is 516 g/mol. The molecule has 0 unspecified atom stereocenters. The number of aromatic nitrogens is 4. The van der Waals surface area contributed by atoms with Gasteiger partial charge in [-0.2, -0.15) is 0 Å². The number of fused-ring (bicyclic) bond motifs is 12. The van der Waals surface area contributed by atoms with Crippen LogP contribution in [0.5, 0.6) is 0 Å². The van der Waals surface area contributed by atoms with E-state index >= 15 is 0 Å². The van der Waals surface area contributed by atoms with E-state index in [0.29, 0.717) is 0 Å². The first kappa shape index (κ1) is 22.9. The fourth-order valence-electron chi connectivity index (χ4n) is 6.67. The Morgan fingerprint density at radius 3 is 1.36 bits per heavy atom. The molecule has 4 N–H and O–H groups in total. The lowest BCUT2D eigenvalue weighted by atomic mass is 10.0. The second kappa shape index (κ2) is 8.59. The van der Waals surface area contributed by atoms with E-state index in [9.17, 15) is 4.79 Å². The van der Waals surface area contributed by atoms with E-state index in [-0.39, 0.29) is 5.71 Å². The summed E-state index contributed by atoms with van der Waals surface area (Å²) in [5.74, 6) is 0. The van der Waals surface area contributed by atoms with E-state index in [1.54, 1.807) is 0 Å². The van der Waals surface area contributed by atoms with Crippen LogP contribution in [0.2, 0.25) is 0 Å². The fraction of sp³-hybridized carbons (Fsp3) is 0. The Kier molecular flexibility index (Phi) is 4.70. The molecule has 0 aliphatic heterocycles. The molecule has 0 saturated heterocycles. The number of para-hydroxylation sites is 4. The summed E-state index contributed by atoms with van der Waals surface area (Å²) < 4.78 is 0. The van der Waals surface area contributed by atoms with Gasteiger partial charge in [-0.05, 0) is 42.5 Å². The Hall–Kier alpha value is -5.81. The van der Waals surface area contributed by atoms with Crippen molar-refractivity contribution in [2.75, 3.05) is 0 Å². The second-order valence-corrected chi connectivity index (χ2v) is 10.9. The number of hydrogen-bond donors (Lipinski definition) is 4. The molecule has 6 aromatic carbocycles. The second-order valence-electron chi connectivity index (χ2n) is 10.9. The van der Waals surface area contributed by atoms with E-state index in [1.807, 2.05) is 36.4 Å². The zero-order valence-electron chi connectivity index (χ0n) is 22.5. The monoisotopic (exact) mass is 548 g/mol. The molecule has 10 rings (SSSR count). The molecule has 0 saturated carbocycles. The third-order valence-corrected chi connectivity index (χ3v) is 8.56. The summed E-state index contributed by atoms with van der Waals surface area (Å²) in [7, 11) is 0. The smallest absolute Gasteiger partial charge is 0.152 e. The van der Waals surface area contributed by atoms with E-state index in [1.165, 1.54) is 43.6 Å². The van der Waals surface area contributed by atoms with Gasteiger partial charge in [-0.25, -0.2) is 0 Å². The largest absolute Gasteiger partial charge is 0.354 e. The topological polar surface area (TPSA) is 80.2 Å². The van der Waals surface area contributed by atoms with E-state index in [2.05, 4.69) is 98.8 Å². The standard InChI is InChI=1S/C19H12N2O.C18H12N2.4H2/c22-10-14-18-12-6-2-4-8-16(12)20-17(18)9-13-11-5-1-3-7-15(11)21-19(13)14;1-3-7-15-11(5-1)13-9-18-14(10-17(13)19-15)12-6-2-4-8-16(12)20-18;;;;/h1-10,20-21H;1-10,19-20H;4*1H. The van der Waals surface area contributed by atoms with Gasteiger partial charge in [0.1, 0.15) is 0 Å². The molecule has 0 aliphatic carbocycles. The molecule has 4 heterocycles. The van der Waals surface area contributed by atoms with Gasteiger partial charge >= 0.3 is 0 Å². The lowest BCUT2D eigenvalue weighted by molar-refractivity contribution is 0.112. The summed E-state index contributed by atoms with van der Waals surface area (Å²) >= 11 is 0. The number of H-pyrrole nitrogens is 4. The Morgan fingerprint density at radius 1 is 0.405 bits per heavy atom. The predicted molar refractivity (Wildman–Crippen MR) is 184 cm³/mol. The first-order valence-electron chi connectivity index (χ1n) is 14.1. The third kappa shape index (κ3) is 3.22. The molecule has 0 aliphatic rings. The van der Waals surface area contributed by atoms with Crippen LogP contribution in [-0.2, 0) is 0 Å². The zero-order valence-corrected chi connectivity index (χ0v) is 22.5. The van der Waals surface area contributed by atoms with Gasteiger partial charge in [-0.15, -0.1) is 0 Å². The summed E-state index contributed by atoms with van der Waals surface area (Å²) in [5.41, 5.74) is 9.52. The molecule has 0 spiro atoms. The quantitative estimate of drug-likeness (QED) is 0.151. The van der Waals surface area contributed by atoms with Crippen molar-refractivity contribution in [3.05, 3.63) is 121 Å². The maximum Gasteiger partial charge on any atom is 0.152 e. The van der Waals surface area contributed by atoms with Crippen molar-refractivity contribution in [3.8, 4) is 0 Å². The van der Waals surface area contributed by atoms with Crippen LogP contribution in [0.15, 0.2) is 115 Å². The van der Waals surface area contributed by atoms with E-state index < -0.39 is 0 Å². The van der Waals surface area contributed by atoms with E-state index in [0.717, 1.165) is 55.5 Å². The van der Waals surface area contributed by atoms with Gasteiger partial charge < -0.3 is 19.9 Å². The van der Waals surface area contributed by atoms with Gasteiger partial charge in [0.2, 0.25) is 0 Å². The molecular formula is C37H32N4O. The van der Waals surface area contributed by atoms with Crippen LogP contribution in [0.25, 0.3) is 87.2 Å². The number of rotatable bonds is 1. The maximum absolute atomic E-state index is 11.8. The Labute approximate surface area is 244 Å². The number of nitrogens with one attached hydrogen (secondary N) is 4. The van der Waals surface area contributed by atoms with Crippen LogP contribution in [0.3, 0.4) is 0 Å². The maximum atomic E-state index is 11.8. The molecule has 4 aromatic heterocycles. The number of aromatic amines is 4. The molecule has 10 aromatic rings. The Balaban J connectivity index is 0.000000167. The summed E-state index contributed by atoms with van der Waals surface area (Å²) in [5, 5.41) is 9.41. The van der Waals surface area contributed by atoms with Crippen molar-refractivity contribution in [1.82, 2.24) is 19.9 Å². The van der Waals surface area contributed by atoms with Gasteiger partial charge in [0.15, 0.2) is 6.29 Å². The van der Waals surface area contributed by atoms with Crippen LogP contribution in [-0.4, -0.2) is 26.2 Å². The molecule has 0 amide bonds. The average Bonchev–Trinajstić information content (AvgIpc) is 3.79. The zero-order chi connectivity index (χ0) is 27.8. The van der Waals surface area contributed by atoms with Gasteiger partial charge in [-0.1, -0.05) is 72.8 Å². The lowest BCUT2D eigenvalue weighted by Crippen LogP contribution is -1.85. The highest BCUT2D eigenvalue weighted by atomic mass is 16.1. The van der Waals surface area contributed by atoms with Crippen molar-refractivity contribution < 1.29 is 10.5 Å². The highest BCUT2D eigenvalue weighted by Gasteiger charge is 2.15. The first-order chi connectivity index (χ1) is 20.8. The van der Waals surface area contributed by atoms with Gasteiger partial charge in [-0.3, -0.25) is 4.79 Å². The van der Waals surface area contributed by atoms with Crippen molar-refractivity contribution in [2.45, 2.75) is 0 Å². The van der Waals surface area contributed by atoms with Crippen molar-refractivity contribution in [1.29, 1.82) is 0 Å². The molecule has 0 bridgehead atoms. The summed E-state index contributed by atoms with van der Waals surface area (Å²) in [6, 6.07) is 39.8. The van der Waals surface area contributed by atoms with Crippen LogP contribution in [0.4, 0.5) is 0 Å². The minimum atomic E-state index is 0. The molecule has 42 heavy (non-hydrogen) atoms. The van der Waals surface area contributed by atoms with Crippen LogP contribution in [0, 0.1) is 0 Å². The third-order valence-electron chi connectivity index (χ3n) is 8.56. The van der Waals surface area contributed by atoms with Crippen molar-refractivity contribution >= 4 is 93.5 Å². The Morgan fingerprint density at radius 2 is 0.810 bits per heavy atom. The normalized spacial score (nSPS) is 11.9. The average molecular weight is 549 g/mol. The minimum Gasteiger partial charge on any atom is -0.354 e. The number of carbonyl (C=O) groups excluding carboxylic acids is 1. The van der Waals surface area contributed by atoms with E-state index in [4.69, 9.17) is 0 Å². The van der Waals surface area contributed by atoms with Crippen LogP contribution in [0.1, 0.15) is 16.1 Å². The van der Waals surface area contributed by atoms with Crippen molar-refractivity contribution in [2.24, 2.45) is 0 Å². The summed E-state index contributed by atoms with van der Waals surface area (Å²) in [4.78, 5) is 25.7. The molecule has 206 valence electrons. The van der Waals surface area contributed by atoms with Crippen LogP contribution < -0.4 is 0 Å². The SMILES string of the molecule is O=Cc1c2[nH]c3ccccc3c2cc2[nH]c3ccccc3c12.[HH].[HH].[HH].[HH].c1ccc2c(c1)[nH]c1cc3c(cc12)[nH]c1ccccc13. The molecule has 0 fully saturated rings. The number of benzene rings is 6. The number of carbonyl (C=O) groups is 1. The van der Waals surface area contributed by atoms with Gasteiger partial charge in [0, 0.05) is 93.0 Å². The lowest BCUT2D eigenvalue weighted by Gasteiger charge is -1.99. The molecule has 0 atom stereocenters. The van der Waals surface area contributed by atoms with Crippen molar-refractivity contribution in [3.63, 3.8) is 0 Å². The van der Waals surface area contributed by atoms with Crippen LogP contribution >= 0.6 is 0 Å². The molecule has 0 radical (unpaired) electrons. The number of hydrogen-bond acceptors (Lipinski definition) is 1. The van der Waals surface area contributed by atoms with Gasteiger partial charge in [0.05, 0.1) is 5.52 Å². The highest BCUT2D eigenvalue weighted by molar-refractivity contribution is 6.24.